The molecule has 29 heavy (non-hydrogen) atoms. The SMILES string of the molecule is O=C(Cn1cnc2onc(-c3cccc(F)c3)c2c1=O)NCc1ccc(Cl)cc1. The number of rotatable bonds is 5. The van der Waals surface area contributed by atoms with Crippen molar-refractivity contribution in [2.45, 2.75) is 13.1 Å². The van der Waals surface area contributed by atoms with Crippen LogP contribution in [0, 0.1) is 5.82 Å². The van der Waals surface area contributed by atoms with Crippen molar-refractivity contribution in [3.05, 3.63) is 81.6 Å². The number of amides is 1. The highest BCUT2D eigenvalue weighted by Gasteiger charge is 2.18. The minimum absolute atomic E-state index is 0.0204. The van der Waals surface area contributed by atoms with Gasteiger partial charge in [0.25, 0.3) is 11.3 Å². The number of benzene rings is 2. The second-order valence-corrected chi connectivity index (χ2v) is 6.74. The van der Waals surface area contributed by atoms with E-state index in [1.54, 1.807) is 30.3 Å². The average molecular weight is 413 g/mol. The maximum absolute atomic E-state index is 13.5. The summed E-state index contributed by atoms with van der Waals surface area (Å²) in [7, 11) is 0. The molecule has 2 aromatic carbocycles. The molecule has 0 bridgehead atoms. The van der Waals surface area contributed by atoms with Crippen molar-refractivity contribution in [3.63, 3.8) is 0 Å². The number of nitrogens with zero attached hydrogens (tertiary/aromatic N) is 3. The van der Waals surface area contributed by atoms with Crippen LogP contribution in [0.15, 0.2) is 64.2 Å². The summed E-state index contributed by atoms with van der Waals surface area (Å²) in [5.41, 5.74) is 0.945. The minimum Gasteiger partial charge on any atom is -0.350 e. The van der Waals surface area contributed by atoms with Crippen LogP contribution >= 0.6 is 11.6 Å². The van der Waals surface area contributed by atoms with E-state index >= 15 is 0 Å². The molecule has 1 amide bonds. The third-order valence-electron chi connectivity index (χ3n) is 4.28. The molecule has 0 aliphatic carbocycles. The molecule has 0 saturated heterocycles. The summed E-state index contributed by atoms with van der Waals surface area (Å²) in [6.45, 7) is 0.0609. The summed E-state index contributed by atoms with van der Waals surface area (Å²) in [5, 5.41) is 7.27. The predicted octanol–water partition coefficient (Wildman–Crippen LogP) is 3.16. The van der Waals surface area contributed by atoms with Gasteiger partial charge >= 0.3 is 0 Å². The summed E-state index contributed by atoms with van der Waals surface area (Å²) >= 11 is 5.84. The Labute approximate surface area is 168 Å². The first-order valence-corrected chi connectivity index (χ1v) is 9.01. The molecule has 2 aromatic heterocycles. The second kappa shape index (κ2) is 7.84. The molecule has 0 aliphatic rings. The molecule has 0 aliphatic heterocycles. The first-order chi connectivity index (χ1) is 14.0. The fourth-order valence-corrected chi connectivity index (χ4v) is 2.97. The zero-order valence-electron chi connectivity index (χ0n) is 14.9. The van der Waals surface area contributed by atoms with Crippen molar-refractivity contribution in [1.29, 1.82) is 0 Å². The lowest BCUT2D eigenvalue weighted by atomic mass is 10.1. The predicted molar refractivity (Wildman–Crippen MR) is 105 cm³/mol. The number of carbonyl (C=O) groups is 1. The molecule has 146 valence electrons. The lowest BCUT2D eigenvalue weighted by Crippen LogP contribution is -2.32. The molecular formula is C20H14ClFN4O3. The smallest absolute Gasteiger partial charge is 0.267 e. The second-order valence-electron chi connectivity index (χ2n) is 6.30. The van der Waals surface area contributed by atoms with Crippen LogP contribution in [0.1, 0.15) is 5.56 Å². The highest BCUT2D eigenvalue weighted by Crippen LogP contribution is 2.24. The monoisotopic (exact) mass is 412 g/mol. The third-order valence-corrected chi connectivity index (χ3v) is 4.53. The van der Waals surface area contributed by atoms with Gasteiger partial charge in [-0.15, -0.1) is 0 Å². The van der Waals surface area contributed by atoms with E-state index in [0.29, 0.717) is 17.1 Å². The Bertz CT molecular complexity index is 1250. The molecule has 7 nitrogen and oxygen atoms in total. The third kappa shape index (κ3) is 4.02. The van der Waals surface area contributed by atoms with Gasteiger partial charge in [0.2, 0.25) is 5.91 Å². The summed E-state index contributed by atoms with van der Waals surface area (Å²) in [5.74, 6) is -0.837. The van der Waals surface area contributed by atoms with Gasteiger partial charge in [0, 0.05) is 17.1 Å². The van der Waals surface area contributed by atoms with E-state index < -0.39 is 11.4 Å². The fraction of sp³-hybridized carbons (Fsp3) is 0.100. The van der Waals surface area contributed by atoms with E-state index in [-0.39, 0.29) is 29.2 Å². The zero-order valence-corrected chi connectivity index (χ0v) is 15.7. The number of halogens is 2. The van der Waals surface area contributed by atoms with E-state index in [4.69, 9.17) is 16.1 Å². The Hall–Kier alpha value is -3.52. The van der Waals surface area contributed by atoms with Gasteiger partial charge in [0.1, 0.15) is 29.8 Å². The fourth-order valence-electron chi connectivity index (χ4n) is 2.84. The Kier molecular flexibility index (Phi) is 5.09. The van der Waals surface area contributed by atoms with Crippen LogP contribution in [0.25, 0.3) is 22.4 Å². The first-order valence-electron chi connectivity index (χ1n) is 8.63. The van der Waals surface area contributed by atoms with Gasteiger partial charge in [-0.25, -0.2) is 9.37 Å². The maximum atomic E-state index is 13.5. The number of fused-ring (bicyclic) bond motifs is 1. The highest BCUT2D eigenvalue weighted by molar-refractivity contribution is 6.30. The van der Waals surface area contributed by atoms with Crippen molar-refractivity contribution in [1.82, 2.24) is 20.0 Å². The van der Waals surface area contributed by atoms with Crippen molar-refractivity contribution in [3.8, 4) is 11.3 Å². The number of hydrogen-bond donors (Lipinski definition) is 1. The molecular weight excluding hydrogens is 399 g/mol. The van der Waals surface area contributed by atoms with Crippen molar-refractivity contribution in [2.24, 2.45) is 0 Å². The molecule has 0 unspecified atom stereocenters. The van der Waals surface area contributed by atoms with E-state index in [9.17, 15) is 14.0 Å². The van der Waals surface area contributed by atoms with Gasteiger partial charge in [0.05, 0.1) is 0 Å². The van der Waals surface area contributed by atoms with E-state index in [0.717, 1.165) is 10.1 Å². The summed E-state index contributed by atoms with van der Waals surface area (Å²) in [6.07, 6.45) is 1.22. The number of hydrogen-bond acceptors (Lipinski definition) is 5. The van der Waals surface area contributed by atoms with E-state index in [1.807, 2.05) is 0 Å². The lowest BCUT2D eigenvalue weighted by molar-refractivity contribution is -0.121. The number of carbonyl (C=O) groups excluding carboxylic acids is 1. The van der Waals surface area contributed by atoms with Gasteiger partial charge < -0.3 is 9.84 Å². The number of nitrogens with one attached hydrogen (secondary N) is 1. The van der Waals surface area contributed by atoms with Gasteiger partial charge in [-0.3, -0.25) is 14.2 Å². The normalized spacial score (nSPS) is 11.0. The Balaban J connectivity index is 1.57. The molecule has 9 heteroatoms. The van der Waals surface area contributed by atoms with Gasteiger partial charge in [-0.2, -0.15) is 0 Å². The van der Waals surface area contributed by atoms with Crippen LogP contribution in [-0.4, -0.2) is 20.6 Å². The maximum Gasteiger partial charge on any atom is 0.267 e. The van der Waals surface area contributed by atoms with Crippen LogP contribution < -0.4 is 10.9 Å². The molecule has 4 aromatic rings. The summed E-state index contributed by atoms with van der Waals surface area (Å²) in [4.78, 5) is 29.2. The van der Waals surface area contributed by atoms with Crippen molar-refractivity contribution >= 4 is 28.6 Å². The van der Waals surface area contributed by atoms with Crippen LogP contribution in [-0.2, 0) is 17.9 Å². The Morgan fingerprint density at radius 3 is 2.76 bits per heavy atom. The standard InChI is InChI=1S/C20H14ClFN4O3/c21-14-6-4-12(5-7-14)9-23-16(27)10-26-11-24-19-17(20(26)28)18(25-29-19)13-2-1-3-15(22)8-13/h1-8,11H,9-10H2,(H,23,27). The van der Waals surface area contributed by atoms with Crippen LogP contribution in [0.2, 0.25) is 5.02 Å². The minimum atomic E-state index is -0.503. The molecule has 4 rings (SSSR count). The highest BCUT2D eigenvalue weighted by atomic mass is 35.5. The zero-order chi connectivity index (χ0) is 20.4. The van der Waals surface area contributed by atoms with Gasteiger partial charge in [-0.1, -0.05) is 41.0 Å². The van der Waals surface area contributed by atoms with Crippen LogP contribution in [0.3, 0.4) is 0 Å². The Morgan fingerprint density at radius 2 is 2.00 bits per heavy atom. The van der Waals surface area contributed by atoms with Gasteiger partial charge in [0.15, 0.2) is 0 Å². The van der Waals surface area contributed by atoms with Gasteiger partial charge in [-0.05, 0) is 29.8 Å². The molecule has 0 atom stereocenters. The molecule has 2 heterocycles. The molecule has 0 radical (unpaired) electrons. The first kappa shape index (κ1) is 18.8. The summed E-state index contributed by atoms with van der Waals surface area (Å²) in [6, 6.07) is 12.7. The average Bonchev–Trinajstić information content (AvgIpc) is 3.15. The quantitative estimate of drug-likeness (QED) is 0.543. The lowest BCUT2D eigenvalue weighted by Gasteiger charge is -2.07. The number of aromatic nitrogens is 3. The van der Waals surface area contributed by atoms with E-state index in [2.05, 4.69) is 15.5 Å². The molecule has 0 spiro atoms. The largest absolute Gasteiger partial charge is 0.350 e. The Morgan fingerprint density at radius 1 is 1.21 bits per heavy atom. The van der Waals surface area contributed by atoms with Crippen LogP contribution in [0.4, 0.5) is 4.39 Å². The molecule has 1 N–H and O–H groups in total. The van der Waals surface area contributed by atoms with Crippen molar-refractivity contribution in [2.75, 3.05) is 0 Å². The summed E-state index contributed by atoms with van der Waals surface area (Å²) < 4.78 is 19.8. The van der Waals surface area contributed by atoms with Crippen LogP contribution in [0.5, 0.6) is 0 Å². The molecule has 0 fully saturated rings. The van der Waals surface area contributed by atoms with E-state index in [1.165, 1.54) is 24.5 Å². The topological polar surface area (TPSA) is 90.0 Å². The van der Waals surface area contributed by atoms with Crippen molar-refractivity contribution < 1.29 is 13.7 Å². The molecule has 0 saturated carbocycles.